The topological polar surface area (TPSA) is 9.23 Å². The molecule has 0 aliphatic heterocycles. The molecule has 1 nitrogen and oxygen atoms in total. The Kier molecular flexibility index (Phi) is 4.97. The minimum atomic E-state index is -1.90. The van der Waals surface area contributed by atoms with E-state index in [4.69, 9.17) is 27.6 Å². The van der Waals surface area contributed by atoms with E-state index in [0.717, 1.165) is 11.8 Å². The minimum absolute atomic E-state index is 0.329. The van der Waals surface area contributed by atoms with Gasteiger partial charge in [0.25, 0.3) is 0 Å². The van der Waals surface area contributed by atoms with Crippen LogP contribution in [0.5, 0.6) is 0 Å². The Labute approximate surface area is 105 Å². The zero-order valence-electron chi connectivity index (χ0n) is 10.1. The van der Waals surface area contributed by atoms with Gasteiger partial charge in [-0.1, -0.05) is 13.8 Å². The van der Waals surface area contributed by atoms with Crippen LogP contribution in [-0.2, 0) is 4.43 Å². The molecule has 1 aliphatic carbocycles. The first-order valence-electron chi connectivity index (χ1n) is 5.77. The summed E-state index contributed by atoms with van der Waals surface area (Å²) in [4.78, 5) is 0. The van der Waals surface area contributed by atoms with E-state index in [2.05, 4.69) is 26.9 Å². The Morgan fingerprint density at radius 1 is 1.07 bits per heavy atom. The van der Waals surface area contributed by atoms with Gasteiger partial charge >= 0.3 is 0 Å². The number of hydrogen-bond acceptors (Lipinski definition) is 1. The lowest BCUT2D eigenvalue weighted by molar-refractivity contribution is 0.0942. The molecule has 15 heavy (non-hydrogen) atoms. The molecule has 0 amide bonds. The Hall–Kier alpha value is 0.757. The molecule has 0 aromatic heterocycles. The average Bonchev–Trinajstić information content (AvgIpc) is 1.99. The van der Waals surface area contributed by atoms with Gasteiger partial charge < -0.3 is 4.43 Å². The molecule has 0 N–H and O–H groups in total. The van der Waals surface area contributed by atoms with Crippen molar-refractivity contribution in [1.82, 2.24) is 0 Å². The van der Waals surface area contributed by atoms with Gasteiger partial charge in [0.1, 0.15) is 4.46 Å². The largest absolute Gasteiger partial charge is 0.412 e. The van der Waals surface area contributed by atoms with Crippen LogP contribution < -0.4 is 0 Å². The molecular formula is C11H22Cl2OSi. The molecule has 0 radical (unpaired) electrons. The molecule has 0 bridgehead atoms. The van der Waals surface area contributed by atoms with Gasteiger partial charge in [-0.25, -0.2) is 0 Å². The SMILES string of the molecule is CC1CC(C)CC(O[Si](C)(C)C(Cl)Cl)C1. The number of halogens is 2. The van der Waals surface area contributed by atoms with Crippen molar-refractivity contribution in [3.8, 4) is 0 Å². The molecule has 0 aromatic rings. The Balaban J connectivity index is 2.50. The molecule has 0 spiro atoms. The fourth-order valence-corrected chi connectivity index (χ4v) is 3.91. The lowest BCUT2D eigenvalue weighted by atomic mass is 9.82. The van der Waals surface area contributed by atoms with Gasteiger partial charge in [0.15, 0.2) is 0 Å². The Morgan fingerprint density at radius 2 is 1.53 bits per heavy atom. The van der Waals surface area contributed by atoms with E-state index >= 15 is 0 Å². The maximum atomic E-state index is 6.16. The summed E-state index contributed by atoms with van der Waals surface area (Å²) < 4.78 is 5.83. The highest BCUT2D eigenvalue weighted by atomic mass is 35.5. The zero-order valence-corrected chi connectivity index (χ0v) is 12.6. The zero-order chi connectivity index (χ0) is 11.6. The van der Waals surface area contributed by atoms with E-state index in [1.807, 2.05) is 0 Å². The number of hydrogen-bond donors (Lipinski definition) is 0. The van der Waals surface area contributed by atoms with Crippen LogP contribution in [-0.4, -0.2) is 18.9 Å². The number of alkyl halides is 2. The molecule has 1 fully saturated rings. The summed E-state index contributed by atoms with van der Waals surface area (Å²) in [7, 11) is -1.90. The Bertz CT molecular complexity index is 199. The average molecular weight is 269 g/mol. The lowest BCUT2D eigenvalue weighted by Gasteiger charge is -2.37. The molecule has 1 aliphatic rings. The smallest absolute Gasteiger partial charge is 0.220 e. The van der Waals surface area contributed by atoms with Crippen LogP contribution in [0.3, 0.4) is 0 Å². The molecule has 2 atom stereocenters. The van der Waals surface area contributed by atoms with Crippen molar-refractivity contribution in [1.29, 1.82) is 0 Å². The predicted molar refractivity (Wildman–Crippen MR) is 70.0 cm³/mol. The first-order valence-corrected chi connectivity index (χ1v) is 9.63. The minimum Gasteiger partial charge on any atom is -0.412 e. The molecule has 2 unspecified atom stereocenters. The normalized spacial score (nSPS) is 33.4. The summed E-state index contributed by atoms with van der Waals surface area (Å²) in [5, 5.41) is 0. The van der Waals surface area contributed by atoms with Gasteiger partial charge in [-0.05, 0) is 44.2 Å². The van der Waals surface area contributed by atoms with Gasteiger partial charge in [-0.15, -0.1) is 23.2 Å². The Morgan fingerprint density at radius 3 is 1.93 bits per heavy atom. The summed E-state index contributed by atoms with van der Waals surface area (Å²) in [6.07, 6.45) is 4.04. The fourth-order valence-electron chi connectivity index (χ4n) is 2.45. The van der Waals surface area contributed by atoms with Crippen molar-refractivity contribution in [2.75, 3.05) is 0 Å². The first-order chi connectivity index (χ1) is 6.81. The van der Waals surface area contributed by atoms with Crippen LogP contribution in [0.25, 0.3) is 0 Å². The van der Waals surface area contributed by atoms with E-state index in [1.165, 1.54) is 19.3 Å². The predicted octanol–water partition coefficient (Wildman–Crippen LogP) is 4.38. The quantitative estimate of drug-likeness (QED) is 0.546. The van der Waals surface area contributed by atoms with Crippen LogP contribution in [0.4, 0.5) is 0 Å². The highest BCUT2D eigenvalue weighted by Crippen LogP contribution is 2.33. The standard InChI is InChI=1S/C11H22Cl2OSi/c1-8-5-9(2)7-10(6-8)14-15(3,4)11(12)13/h8-11H,5-7H2,1-4H3. The van der Waals surface area contributed by atoms with Gasteiger partial charge in [-0.3, -0.25) is 0 Å². The van der Waals surface area contributed by atoms with Gasteiger partial charge in [0, 0.05) is 6.10 Å². The molecule has 1 rings (SSSR count). The van der Waals surface area contributed by atoms with E-state index in [1.54, 1.807) is 0 Å². The molecule has 0 saturated heterocycles. The molecule has 0 aromatic carbocycles. The molecule has 1 saturated carbocycles. The fraction of sp³-hybridized carbons (Fsp3) is 1.00. The van der Waals surface area contributed by atoms with Crippen molar-refractivity contribution in [3.05, 3.63) is 0 Å². The van der Waals surface area contributed by atoms with Gasteiger partial charge in [0.05, 0.1) is 0 Å². The second kappa shape index (κ2) is 5.39. The van der Waals surface area contributed by atoms with Gasteiger partial charge in [-0.2, -0.15) is 0 Å². The van der Waals surface area contributed by atoms with Crippen molar-refractivity contribution in [2.45, 2.75) is 56.8 Å². The van der Waals surface area contributed by atoms with E-state index in [0.29, 0.717) is 6.10 Å². The van der Waals surface area contributed by atoms with Crippen molar-refractivity contribution in [3.63, 3.8) is 0 Å². The second-order valence-corrected chi connectivity index (χ2v) is 11.4. The molecule has 0 heterocycles. The molecular weight excluding hydrogens is 247 g/mol. The maximum absolute atomic E-state index is 6.16. The maximum Gasteiger partial charge on any atom is 0.220 e. The molecule has 4 heteroatoms. The van der Waals surface area contributed by atoms with Gasteiger partial charge in [0.2, 0.25) is 8.32 Å². The number of rotatable bonds is 3. The van der Waals surface area contributed by atoms with Crippen LogP contribution in [0.2, 0.25) is 13.1 Å². The van der Waals surface area contributed by atoms with Crippen LogP contribution in [0.1, 0.15) is 33.1 Å². The van der Waals surface area contributed by atoms with E-state index in [9.17, 15) is 0 Å². The summed E-state index contributed by atoms with van der Waals surface area (Å²) in [5.74, 6) is 1.54. The summed E-state index contributed by atoms with van der Waals surface area (Å²) in [6, 6.07) is 0. The summed E-state index contributed by atoms with van der Waals surface area (Å²) in [5.41, 5.74) is 0. The summed E-state index contributed by atoms with van der Waals surface area (Å²) >= 11 is 11.9. The van der Waals surface area contributed by atoms with E-state index in [-0.39, 0.29) is 4.46 Å². The third-order valence-corrected chi connectivity index (χ3v) is 8.28. The second-order valence-electron chi connectivity index (χ2n) is 5.56. The molecule has 90 valence electrons. The van der Waals surface area contributed by atoms with Crippen LogP contribution >= 0.6 is 23.2 Å². The van der Waals surface area contributed by atoms with Crippen molar-refractivity contribution < 1.29 is 4.43 Å². The van der Waals surface area contributed by atoms with E-state index < -0.39 is 8.32 Å². The third-order valence-electron chi connectivity index (χ3n) is 3.13. The first kappa shape index (κ1) is 13.8. The monoisotopic (exact) mass is 268 g/mol. The summed E-state index contributed by atoms with van der Waals surface area (Å²) in [6.45, 7) is 8.81. The highest BCUT2D eigenvalue weighted by Gasteiger charge is 2.36. The van der Waals surface area contributed by atoms with Crippen LogP contribution in [0, 0.1) is 11.8 Å². The lowest BCUT2D eigenvalue weighted by Crippen LogP contribution is -2.44. The van der Waals surface area contributed by atoms with Crippen molar-refractivity contribution >= 4 is 31.5 Å². The third kappa shape index (κ3) is 4.26. The highest BCUT2D eigenvalue weighted by molar-refractivity contribution is 6.88. The van der Waals surface area contributed by atoms with Crippen LogP contribution in [0.15, 0.2) is 0 Å². The van der Waals surface area contributed by atoms with Crippen molar-refractivity contribution in [2.24, 2.45) is 11.8 Å².